The van der Waals surface area contributed by atoms with Gasteiger partial charge in [0.25, 0.3) is 11.8 Å². The molecule has 0 N–H and O–H groups in total. The number of alkyl halides is 2. The van der Waals surface area contributed by atoms with Crippen LogP contribution in [0, 0.1) is 5.82 Å². The first-order valence-electron chi connectivity index (χ1n) is 8.73. The molecule has 2 aromatic heterocycles. The van der Waals surface area contributed by atoms with Crippen LogP contribution in [0.1, 0.15) is 18.0 Å². The van der Waals surface area contributed by atoms with Crippen molar-refractivity contribution >= 4 is 11.6 Å². The van der Waals surface area contributed by atoms with Gasteiger partial charge in [-0.15, -0.1) is 10.2 Å². The molecule has 1 aromatic carbocycles. The summed E-state index contributed by atoms with van der Waals surface area (Å²) < 4.78 is 50.0. The molecule has 7 nitrogen and oxygen atoms in total. The Balaban J connectivity index is 1.68. The van der Waals surface area contributed by atoms with Gasteiger partial charge in [0.2, 0.25) is 5.89 Å². The summed E-state index contributed by atoms with van der Waals surface area (Å²) >= 11 is 0. The van der Waals surface area contributed by atoms with Crippen LogP contribution in [0.25, 0.3) is 11.5 Å². The molecule has 1 unspecified atom stereocenters. The summed E-state index contributed by atoms with van der Waals surface area (Å²) in [6.07, 6.45) is -0.899. The summed E-state index contributed by atoms with van der Waals surface area (Å²) in [7, 11) is 0. The summed E-state index contributed by atoms with van der Waals surface area (Å²) in [4.78, 5) is 18.2. The van der Waals surface area contributed by atoms with E-state index in [2.05, 4.69) is 15.2 Å². The van der Waals surface area contributed by atoms with E-state index in [1.165, 1.54) is 17.0 Å². The molecule has 3 heterocycles. The zero-order valence-electron chi connectivity index (χ0n) is 15.0. The van der Waals surface area contributed by atoms with Crippen molar-refractivity contribution in [1.29, 1.82) is 0 Å². The number of benzene rings is 1. The first-order valence-corrected chi connectivity index (χ1v) is 8.73. The van der Waals surface area contributed by atoms with Crippen LogP contribution in [0.5, 0.6) is 0 Å². The molecule has 29 heavy (non-hydrogen) atoms. The average molecular weight is 404 g/mol. The molecule has 0 radical (unpaired) electrons. The molecule has 150 valence electrons. The Kier molecular flexibility index (Phi) is 5.26. The zero-order chi connectivity index (χ0) is 20.4. The summed E-state index contributed by atoms with van der Waals surface area (Å²) in [5, 5.41) is 6.79. The maximum absolute atomic E-state index is 14.3. The Morgan fingerprint density at radius 2 is 2.07 bits per heavy atom. The maximum Gasteiger partial charge on any atom is 0.314 e. The van der Waals surface area contributed by atoms with Gasteiger partial charge < -0.3 is 14.1 Å². The fourth-order valence-electron chi connectivity index (χ4n) is 3.17. The van der Waals surface area contributed by atoms with E-state index in [4.69, 9.17) is 9.15 Å². The number of halogens is 3. The van der Waals surface area contributed by atoms with Crippen LogP contribution in [0.2, 0.25) is 0 Å². The Morgan fingerprint density at radius 1 is 1.21 bits per heavy atom. The van der Waals surface area contributed by atoms with E-state index >= 15 is 0 Å². The van der Waals surface area contributed by atoms with E-state index in [1.54, 1.807) is 12.3 Å². The number of amides is 1. The van der Waals surface area contributed by atoms with Gasteiger partial charge in [0.05, 0.1) is 12.6 Å². The average Bonchev–Trinajstić information content (AvgIpc) is 3.19. The molecule has 1 saturated heterocycles. The first-order chi connectivity index (χ1) is 14.0. The summed E-state index contributed by atoms with van der Waals surface area (Å²) in [5.41, 5.74) is 1.08. The van der Waals surface area contributed by atoms with E-state index in [0.29, 0.717) is 6.42 Å². The number of anilines is 1. The van der Waals surface area contributed by atoms with Crippen molar-refractivity contribution in [3.63, 3.8) is 0 Å². The van der Waals surface area contributed by atoms with Gasteiger partial charge >= 0.3 is 6.43 Å². The Morgan fingerprint density at radius 3 is 2.79 bits per heavy atom. The number of pyridine rings is 1. The monoisotopic (exact) mass is 404 g/mol. The number of hydrogen-bond donors (Lipinski definition) is 0. The highest BCUT2D eigenvalue weighted by Crippen LogP contribution is 2.30. The highest BCUT2D eigenvalue weighted by atomic mass is 19.3. The van der Waals surface area contributed by atoms with Crippen LogP contribution in [0.15, 0.2) is 47.0 Å². The Labute approximate surface area is 163 Å². The minimum atomic E-state index is -2.94. The summed E-state index contributed by atoms with van der Waals surface area (Å²) in [6, 6.07) is 8.71. The van der Waals surface area contributed by atoms with Crippen molar-refractivity contribution in [2.75, 3.05) is 18.1 Å². The van der Waals surface area contributed by atoms with Gasteiger partial charge in [-0.25, -0.2) is 4.39 Å². The molecule has 1 amide bonds. The highest BCUT2D eigenvalue weighted by Gasteiger charge is 2.31. The number of aromatic nitrogens is 3. The molecule has 0 saturated carbocycles. The van der Waals surface area contributed by atoms with Crippen LogP contribution in [-0.4, -0.2) is 40.3 Å². The van der Waals surface area contributed by atoms with E-state index < -0.39 is 24.2 Å². The second-order valence-corrected chi connectivity index (χ2v) is 6.40. The van der Waals surface area contributed by atoms with Crippen LogP contribution >= 0.6 is 0 Å². The van der Waals surface area contributed by atoms with Gasteiger partial charge in [0, 0.05) is 29.6 Å². The number of ether oxygens (including phenoxy) is 1. The number of hydrogen-bond acceptors (Lipinski definition) is 6. The minimum Gasteiger partial charge on any atom is -0.415 e. The van der Waals surface area contributed by atoms with Gasteiger partial charge in [-0.3, -0.25) is 9.78 Å². The predicted molar refractivity (Wildman–Crippen MR) is 94.7 cm³/mol. The van der Waals surface area contributed by atoms with Crippen LogP contribution in [-0.2, 0) is 16.0 Å². The van der Waals surface area contributed by atoms with E-state index in [-0.39, 0.29) is 36.3 Å². The van der Waals surface area contributed by atoms with Crippen molar-refractivity contribution in [3.05, 3.63) is 60.0 Å². The van der Waals surface area contributed by atoms with Crippen molar-refractivity contribution in [2.24, 2.45) is 0 Å². The minimum absolute atomic E-state index is 0.0928. The number of rotatable bonds is 5. The third-order valence-electron chi connectivity index (χ3n) is 4.38. The standard InChI is InChI=1S/C19H15F3N4O3/c20-12-5-11(18-24-25-19(29-18)17(21)22)6-14(7-12)26-15(9-28-10-16(26)27)8-13-3-1-2-4-23-13/h1-7,15,17H,8-10H2. The number of carbonyl (C=O) groups is 1. The molecular weight excluding hydrogens is 389 g/mol. The predicted octanol–water partition coefficient (Wildman–Crippen LogP) is 3.18. The molecule has 3 aromatic rings. The van der Waals surface area contributed by atoms with Crippen molar-refractivity contribution in [3.8, 4) is 11.5 Å². The molecule has 4 rings (SSSR count). The van der Waals surface area contributed by atoms with Gasteiger partial charge in [-0.05, 0) is 30.3 Å². The van der Waals surface area contributed by atoms with Crippen LogP contribution < -0.4 is 4.90 Å². The molecule has 1 atom stereocenters. The molecule has 0 aliphatic carbocycles. The van der Waals surface area contributed by atoms with Gasteiger partial charge in [-0.2, -0.15) is 8.78 Å². The van der Waals surface area contributed by atoms with E-state index in [0.717, 1.165) is 11.8 Å². The number of nitrogens with zero attached hydrogens (tertiary/aromatic N) is 4. The SMILES string of the molecule is O=C1COCC(Cc2ccccn2)N1c1cc(F)cc(-c2nnc(C(F)F)o2)c1. The maximum atomic E-state index is 14.3. The lowest BCUT2D eigenvalue weighted by molar-refractivity contribution is -0.127. The smallest absolute Gasteiger partial charge is 0.314 e. The molecule has 1 aliphatic heterocycles. The topological polar surface area (TPSA) is 81.4 Å². The van der Waals surface area contributed by atoms with Crippen LogP contribution in [0.3, 0.4) is 0 Å². The second kappa shape index (κ2) is 8.00. The van der Waals surface area contributed by atoms with Crippen molar-refractivity contribution < 1.29 is 27.1 Å². The van der Waals surface area contributed by atoms with E-state index in [1.807, 2.05) is 12.1 Å². The molecule has 0 spiro atoms. The van der Waals surface area contributed by atoms with E-state index in [9.17, 15) is 18.0 Å². The fraction of sp³-hybridized carbons (Fsp3) is 0.263. The third kappa shape index (κ3) is 4.11. The van der Waals surface area contributed by atoms with Crippen LogP contribution in [0.4, 0.5) is 18.9 Å². The number of carbonyl (C=O) groups excluding carboxylic acids is 1. The lowest BCUT2D eigenvalue weighted by Gasteiger charge is -2.35. The quantitative estimate of drug-likeness (QED) is 0.650. The normalized spacial score (nSPS) is 17.2. The Hall–Kier alpha value is -3.27. The first kappa shape index (κ1) is 19.1. The fourth-order valence-corrected chi connectivity index (χ4v) is 3.17. The third-order valence-corrected chi connectivity index (χ3v) is 4.38. The summed E-state index contributed by atoms with van der Waals surface area (Å²) in [6.45, 7) is 0.0882. The van der Waals surface area contributed by atoms with Gasteiger partial charge in [0.1, 0.15) is 12.4 Å². The molecule has 1 aliphatic rings. The molecule has 10 heteroatoms. The lowest BCUT2D eigenvalue weighted by atomic mass is 10.1. The molecule has 1 fully saturated rings. The number of morpholine rings is 1. The highest BCUT2D eigenvalue weighted by molar-refractivity contribution is 5.96. The van der Waals surface area contributed by atoms with Gasteiger partial charge in [0.15, 0.2) is 0 Å². The largest absolute Gasteiger partial charge is 0.415 e. The van der Waals surface area contributed by atoms with Crippen molar-refractivity contribution in [2.45, 2.75) is 18.9 Å². The lowest BCUT2D eigenvalue weighted by Crippen LogP contribution is -2.50. The molecular formula is C19H15F3N4O3. The summed E-state index contributed by atoms with van der Waals surface area (Å²) in [5.74, 6) is -2.15. The molecule has 0 bridgehead atoms. The van der Waals surface area contributed by atoms with Gasteiger partial charge in [-0.1, -0.05) is 6.07 Å². The van der Waals surface area contributed by atoms with Crippen molar-refractivity contribution in [1.82, 2.24) is 15.2 Å². The second-order valence-electron chi connectivity index (χ2n) is 6.40. The Bertz CT molecular complexity index is 1010. The zero-order valence-corrected chi connectivity index (χ0v) is 15.0.